The molecular formula is C14H20N2O. The second-order valence-corrected chi connectivity index (χ2v) is 4.56. The van der Waals surface area contributed by atoms with Crippen LogP contribution in [0.25, 0.3) is 0 Å². The molecule has 0 atom stereocenters. The average molecular weight is 232 g/mol. The molecule has 3 nitrogen and oxygen atoms in total. The van der Waals surface area contributed by atoms with Crippen LogP contribution >= 0.6 is 0 Å². The average Bonchev–Trinajstić information content (AvgIpc) is 2.29. The maximum Gasteiger partial charge on any atom is 0.123 e. The molecule has 3 heteroatoms. The van der Waals surface area contributed by atoms with Gasteiger partial charge >= 0.3 is 0 Å². The maximum absolute atomic E-state index is 8.66. The Morgan fingerprint density at radius 2 is 2.12 bits per heavy atom. The topological polar surface area (TPSA) is 36.3 Å². The first-order valence-electron chi connectivity index (χ1n) is 5.80. The van der Waals surface area contributed by atoms with E-state index in [-0.39, 0.29) is 0 Å². The third kappa shape index (κ3) is 3.76. The number of ether oxygens (including phenoxy) is 1. The molecule has 0 heterocycles. The van der Waals surface area contributed by atoms with Crippen molar-refractivity contribution in [3.8, 4) is 11.8 Å². The number of rotatable bonds is 5. The van der Waals surface area contributed by atoms with Crippen molar-refractivity contribution in [2.75, 3.05) is 20.7 Å². The molecule has 0 aliphatic carbocycles. The maximum atomic E-state index is 8.66. The van der Waals surface area contributed by atoms with Crippen LogP contribution in [-0.2, 0) is 6.54 Å². The third-order valence-electron chi connectivity index (χ3n) is 2.75. The summed E-state index contributed by atoms with van der Waals surface area (Å²) in [5.74, 6) is 1.39. The number of nitrogens with zero attached hydrogens (tertiary/aromatic N) is 2. The second-order valence-electron chi connectivity index (χ2n) is 4.56. The van der Waals surface area contributed by atoms with Crippen LogP contribution in [-0.4, -0.2) is 25.6 Å². The van der Waals surface area contributed by atoms with Gasteiger partial charge in [0.15, 0.2) is 0 Å². The molecule has 0 saturated carbocycles. The molecule has 1 rings (SSSR count). The van der Waals surface area contributed by atoms with Gasteiger partial charge in [0.2, 0.25) is 0 Å². The number of benzene rings is 1. The lowest BCUT2D eigenvalue weighted by molar-refractivity contribution is 0.349. The smallest absolute Gasteiger partial charge is 0.123 e. The highest BCUT2D eigenvalue weighted by Gasteiger charge is 2.09. The van der Waals surface area contributed by atoms with E-state index in [9.17, 15) is 0 Å². The van der Waals surface area contributed by atoms with Gasteiger partial charge in [-0.15, -0.1) is 0 Å². The van der Waals surface area contributed by atoms with Crippen LogP contribution in [0.5, 0.6) is 5.75 Å². The van der Waals surface area contributed by atoms with Gasteiger partial charge in [0, 0.05) is 12.1 Å². The fourth-order valence-electron chi connectivity index (χ4n) is 1.75. The van der Waals surface area contributed by atoms with E-state index in [1.807, 2.05) is 18.0 Å². The fourth-order valence-corrected chi connectivity index (χ4v) is 1.75. The summed E-state index contributed by atoms with van der Waals surface area (Å²) in [7, 11) is 3.61. The van der Waals surface area contributed by atoms with E-state index in [2.05, 4.69) is 32.0 Å². The Morgan fingerprint density at radius 1 is 1.41 bits per heavy atom. The highest BCUT2D eigenvalue weighted by molar-refractivity contribution is 5.38. The van der Waals surface area contributed by atoms with E-state index >= 15 is 0 Å². The third-order valence-corrected chi connectivity index (χ3v) is 2.75. The Hall–Kier alpha value is -1.53. The van der Waals surface area contributed by atoms with E-state index < -0.39 is 0 Å². The zero-order valence-electron chi connectivity index (χ0n) is 11.0. The van der Waals surface area contributed by atoms with Gasteiger partial charge in [-0.25, -0.2) is 0 Å². The predicted molar refractivity (Wildman–Crippen MR) is 69.0 cm³/mol. The van der Waals surface area contributed by atoms with E-state index in [1.165, 1.54) is 5.56 Å². The molecule has 92 valence electrons. The highest BCUT2D eigenvalue weighted by atomic mass is 16.5. The molecular weight excluding hydrogens is 212 g/mol. The van der Waals surface area contributed by atoms with Crippen molar-refractivity contribution < 1.29 is 4.74 Å². The molecule has 0 N–H and O–H groups in total. The molecule has 0 spiro atoms. The Bertz CT molecular complexity index is 407. The van der Waals surface area contributed by atoms with Crippen molar-refractivity contribution in [3.05, 3.63) is 29.3 Å². The summed E-state index contributed by atoms with van der Waals surface area (Å²) in [5, 5.41) is 8.66. The fraction of sp³-hybridized carbons (Fsp3) is 0.500. The molecule has 0 radical (unpaired) electrons. The van der Waals surface area contributed by atoms with Gasteiger partial charge in [-0.1, -0.05) is 26.0 Å². The van der Waals surface area contributed by atoms with Gasteiger partial charge < -0.3 is 4.74 Å². The van der Waals surface area contributed by atoms with Crippen molar-refractivity contribution in [2.24, 2.45) is 0 Å². The molecule has 1 aromatic rings. The van der Waals surface area contributed by atoms with E-state index in [1.54, 1.807) is 7.11 Å². The lowest BCUT2D eigenvalue weighted by atomic mass is 10.00. The summed E-state index contributed by atoms with van der Waals surface area (Å²) in [5.41, 5.74) is 2.43. The van der Waals surface area contributed by atoms with Gasteiger partial charge in [0.25, 0.3) is 0 Å². The lowest BCUT2D eigenvalue weighted by Gasteiger charge is -2.17. The van der Waals surface area contributed by atoms with Gasteiger partial charge in [0.05, 0.1) is 19.7 Å². The molecule has 0 bridgehead atoms. The summed E-state index contributed by atoms with van der Waals surface area (Å²) in [6.07, 6.45) is 0. The van der Waals surface area contributed by atoms with Crippen LogP contribution in [0.4, 0.5) is 0 Å². The zero-order valence-corrected chi connectivity index (χ0v) is 11.0. The Morgan fingerprint density at radius 3 is 2.65 bits per heavy atom. The summed E-state index contributed by atoms with van der Waals surface area (Å²) < 4.78 is 5.35. The molecule has 1 aromatic carbocycles. The Kier molecular flexibility index (Phi) is 4.99. The zero-order chi connectivity index (χ0) is 12.8. The van der Waals surface area contributed by atoms with Crippen molar-refractivity contribution >= 4 is 0 Å². The van der Waals surface area contributed by atoms with E-state index in [0.717, 1.165) is 17.9 Å². The van der Waals surface area contributed by atoms with Crippen LogP contribution in [0.15, 0.2) is 18.2 Å². The summed E-state index contributed by atoms with van der Waals surface area (Å²) in [6, 6.07) is 8.41. The minimum absolute atomic E-state index is 0.426. The molecule has 0 aliphatic rings. The summed E-state index contributed by atoms with van der Waals surface area (Å²) in [4.78, 5) is 1.97. The Balaban J connectivity index is 2.94. The van der Waals surface area contributed by atoms with Crippen LogP contribution < -0.4 is 4.74 Å². The standard InChI is InChI=1S/C14H20N2O/c1-11(2)12-5-6-14(17-4)13(9-12)10-16(3)8-7-15/h5-6,9,11H,8,10H2,1-4H3. The number of nitriles is 1. The molecule has 0 saturated heterocycles. The van der Waals surface area contributed by atoms with Crippen LogP contribution in [0.1, 0.15) is 30.9 Å². The Labute approximate surface area is 104 Å². The number of hydrogen-bond acceptors (Lipinski definition) is 3. The predicted octanol–water partition coefficient (Wildman–Crippen LogP) is 2.77. The van der Waals surface area contributed by atoms with Crippen molar-refractivity contribution in [1.82, 2.24) is 4.90 Å². The molecule has 0 amide bonds. The highest BCUT2D eigenvalue weighted by Crippen LogP contribution is 2.25. The number of methoxy groups -OCH3 is 1. The monoisotopic (exact) mass is 232 g/mol. The quantitative estimate of drug-likeness (QED) is 0.732. The largest absolute Gasteiger partial charge is 0.496 e. The van der Waals surface area contributed by atoms with Gasteiger partial charge in [-0.2, -0.15) is 5.26 Å². The minimum Gasteiger partial charge on any atom is -0.496 e. The summed E-state index contributed by atoms with van der Waals surface area (Å²) in [6.45, 7) is 5.50. The summed E-state index contributed by atoms with van der Waals surface area (Å²) >= 11 is 0. The molecule has 0 unspecified atom stereocenters. The van der Waals surface area contributed by atoms with Gasteiger partial charge in [-0.05, 0) is 24.6 Å². The van der Waals surface area contributed by atoms with Crippen LogP contribution in [0, 0.1) is 11.3 Å². The van der Waals surface area contributed by atoms with Gasteiger partial charge in [0.1, 0.15) is 5.75 Å². The molecule has 0 aliphatic heterocycles. The minimum atomic E-state index is 0.426. The van der Waals surface area contributed by atoms with Crippen molar-refractivity contribution in [2.45, 2.75) is 26.3 Å². The van der Waals surface area contributed by atoms with Crippen LogP contribution in [0.2, 0.25) is 0 Å². The van der Waals surface area contributed by atoms with Gasteiger partial charge in [-0.3, -0.25) is 4.90 Å². The molecule has 17 heavy (non-hydrogen) atoms. The second kappa shape index (κ2) is 6.27. The van der Waals surface area contributed by atoms with E-state index in [4.69, 9.17) is 10.00 Å². The van der Waals surface area contributed by atoms with Crippen LogP contribution in [0.3, 0.4) is 0 Å². The first kappa shape index (κ1) is 13.5. The molecule has 0 fully saturated rings. The first-order chi connectivity index (χ1) is 8.08. The molecule has 0 aromatic heterocycles. The SMILES string of the molecule is COc1ccc(C(C)C)cc1CN(C)CC#N. The first-order valence-corrected chi connectivity index (χ1v) is 5.80. The number of hydrogen-bond donors (Lipinski definition) is 0. The normalized spacial score (nSPS) is 10.6. The van der Waals surface area contributed by atoms with Crippen molar-refractivity contribution in [3.63, 3.8) is 0 Å². The lowest BCUT2D eigenvalue weighted by Crippen LogP contribution is -2.18. The van der Waals surface area contributed by atoms with E-state index in [0.29, 0.717) is 12.5 Å². The van der Waals surface area contributed by atoms with Crippen molar-refractivity contribution in [1.29, 1.82) is 5.26 Å².